The first-order valence-electron chi connectivity index (χ1n) is 11.4. The lowest BCUT2D eigenvalue weighted by atomic mass is 10.0. The van der Waals surface area contributed by atoms with Gasteiger partial charge in [-0.2, -0.15) is 0 Å². The van der Waals surface area contributed by atoms with Gasteiger partial charge in [-0.1, -0.05) is 27.7 Å². The number of pyridine rings is 1. The number of rotatable bonds is 9. The lowest BCUT2D eigenvalue weighted by molar-refractivity contribution is -0.138. The number of urea groups is 1. The topological polar surface area (TPSA) is 94.6 Å². The van der Waals surface area contributed by atoms with E-state index in [1.165, 1.54) is 6.07 Å². The van der Waals surface area contributed by atoms with Gasteiger partial charge in [0, 0.05) is 24.7 Å². The van der Waals surface area contributed by atoms with Crippen LogP contribution in [0.1, 0.15) is 51.3 Å². The SMILES string of the molecule is Cc1ccc(NC(=O)Nc2cc([C@@H]3C[C@@H]3C(=O)O)c(F)cc2N(CC(C)C)CC(C)C)cn1. The van der Waals surface area contributed by atoms with Crippen LogP contribution in [0.15, 0.2) is 30.5 Å². The van der Waals surface area contributed by atoms with Crippen molar-refractivity contribution in [3.05, 3.63) is 47.5 Å². The first-order chi connectivity index (χ1) is 15.5. The van der Waals surface area contributed by atoms with Crippen LogP contribution >= 0.6 is 0 Å². The Kier molecular flexibility index (Phi) is 7.56. The normalized spacial score (nSPS) is 17.2. The number of carbonyl (C=O) groups is 2. The molecule has 3 N–H and O–H groups in total. The predicted octanol–water partition coefficient (Wildman–Crippen LogP) is 5.48. The van der Waals surface area contributed by atoms with Crippen LogP contribution in [0.4, 0.5) is 26.2 Å². The van der Waals surface area contributed by atoms with Crippen molar-refractivity contribution in [2.75, 3.05) is 28.6 Å². The number of nitrogens with one attached hydrogen (secondary N) is 2. The maximum Gasteiger partial charge on any atom is 0.323 e. The summed E-state index contributed by atoms with van der Waals surface area (Å²) in [5.74, 6) is -1.69. The Hall–Kier alpha value is -3.16. The zero-order valence-corrected chi connectivity index (χ0v) is 19.9. The minimum atomic E-state index is -0.927. The molecule has 8 heteroatoms. The molecule has 0 saturated heterocycles. The fourth-order valence-electron chi connectivity index (χ4n) is 4.02. The quantitative estimate of drug-likeness (QED) is 0.464. The van der Waals surface area contributed by atoms with E-state index in [1.807, 2.05) is 6.92 Å². The van der Waals surface area contributed by atoms with Crippen molar-refractivity contribution in [3.63, 3.8) is 0 Å². The van der Waals surface area contributed by atoms with Crippen LogP contribution in [-0.2, 0) is 4.79 Å². The highest BCUT2D eigenvalue weighted by molar-refractivity contribution is 6.02. The molecule has 0 spiro atoms. The molecule has 1 fully saturated rings. The number of hydrogen-bond donors (Lipinski definition) is 3. The molecule has 1 saturated carbocycles. The first kappa shape index (κ1) is 24.5. The molecule has 7 nitrogen and oxygen atoms in total. The third kappa shape index (κ3) is 6.43. The van der Waals surface area contributed by atoms with Gasteiger partial charge in [0.25, 0.3) is 0 Å². The van der Waals surface area contributed by atoms with Crippen LogP contribution in [0.5, 0.6) is 0 Å². The van der Waals surface area contributed by atoms with Gasteiger partial charge in [0.05, 0.1) is 29.2 Å². The molecule has 1 aromatic carbocycles. The summed E-state index contributed by atoms with van der Waals surface area (Å²) in [7, 11) is 0. The number of amides is 2. The molecule has 0 aliphatic heterocycles. The maximum atomic E-state index is 15.2. The second-order valence-electron chi connectivity index (χ2n) is 9.64. The number of carboxylic acids is 1. The van der Waals surface area contributed by atoms with E-state index in [0.29, 0.717) is 54.0 Å². The van der Waals surface area contributed by atoms with Crippen LogP contribution in [0, 0.1) is 30.5 Å². The third-order valence-corrected chi connectivity index (χ3v) is 5.55. The zero-order chi connectivity index (χ0) is 24.3. The molecule has 2 amide bonds. The van der Waals surface area contributed by atoms with Gasteiger partial charge in [0.2, 0.25) is 0 Å². The summed E-state index contributed by atoms with van der Waals surface area (Å²) in [6.07, 6.45) is 1.96. The summed E-state index contributed by atoms with van der Waals surface area (Å²) in [5.41, 5.74) is 2.75. The van der Waals surface area contributed by atoms with E-state index in [0.717, 1.165) is 5.69 Å². The van der Waals surface area contributed by atoms with Crippen molar-refractivity contribution in [1.29, 1.82) is 0 Å². The molecule has 0 bridgehead atoms. The first-order valence-corrected chi connectivity index (χ1v) is 11.4. The highest BCUT2D eigenvalue weighted by Gasteiger charge is 2.45. The number of nitrogens with zero attached hydrogens (tertiary/aromatic N) is 2. The molecule has 1 aliphatic rings. The zero-order valence-electron chi connectivity index (χ0n) is 19.9. The van der Waals surface area contributed by atoms with Gasteiger partial charge in [0.15, 0.2) is 0 Å². The molecular formula is C25H33FN4O3. The number of benzene rings is 1. The summed E-state index contributed by atoms with van der Waals surface area (Å²) >= 11 is 0. The number of aliphatic carboxylic acids is 1. The average Bonchev–Trinajstić information content (AvgIpc) is 3.50. The second kappa shape index (κ2) is 10.2. The molecule has 2 aromatic rings. The predicted molar refractivity (Wildman–Crippen MR) is 128 cm³/mol. The number of aromatic nitrogens is 1. The van der Waals surface area contributed by atoms with E-state index < -0.39 is 23.7 Å². The van der Waals surface area contributed by atoms with Gasteiger partial charge in [-0.25, -0.2) is 9.18 Å². The summed E-state index contributed by atoms with van der Waals surface area (Å²) in [6, 6.07) is 6.10. The van der Waals surface area contributed by atoms with Crippen molar-refractivity contribution in [3.8, 4) is 0 Å². The van der Waals surface area contributed by atoms with Crippen LogP contribution in [-0.4, -0.2) is 35.2 Å². The Morgan fingerprint density at radius 1 is 1.15 bits per heavy atom. The Balaban J connectivity index is 1.94. The van der Waals surface area contributed by atoms with E-state index >= 15 is 4.39 Å². The van der Waals surface area contributed by atoms with E-state index in [2.05, 4.69) is 48.2 Å². The molecule has 1 heterocycles. The largest absolute Gasteiger partial charge is 0.481 e. The summed E-state index contributed by atoms with van der Waals surface area (Å²) in [5, 5.41) is 14.9. The minimum Gasteiger partial charge on any atom is -0.481 e. The van der Waals surface area contributed by atoms with Gasteiger partial charge < -0.3 is 20.6 Å². The van der Waals surface area contributed by atoms with Crippen LogP contribution < -0.4 is 15.5 Å². The van der Waals surface area contributed by atoms with E-state index in [-0.39, 0.29) is 5.92 Å². The standard InChI is InChI=1S/C25H33FN4O3/c1-14(2)12-30(13-15(3)4)23-10-21(26)19(18-8-20(18)24(31)32)9-22(23)29-25(33)28-17-7-6-16(5)27-11-17/h6-7,9-11,14-15,18,20H,8,12-13H2,1-5H3,(H,31,32)(H2,28,29,33)/t18-,20-/m0/s1. The minimum absolute atomic E-state index is 0.326. The fourth-order valence-corrected chi connectivity index (χ4v) is 4.02. The number of anilines is 3. The van der Waals surface area contributed by atoms with Crippen molar-refractivity contribution < 1.29 is 19.1 Å². The molecule has 1 aliphatic carbocycles. The Labute approximate surface area is 194 Å². The highest BCUT2D eigenvalue weighted by atomic mass is 19.1. The molecule has 33 heavy (non-hydrogen) atoms. The molecule has 0 radical (unpaired) electrons. The number of carboxylic acid groups (broad SMARTS) is 1. The monoisotopic (exact) mass is 456 g/mol. The maximum absolute atomic E-state index is 15.2. The molecule has 2 atom stereocenters. The smallest absolute Gasteiger partial charge is 0.323 e. The van der Waals surface area contributed by atoms with Crippen LogP contribution in [0.3, 0.4) is 0 Å². The fraction of sp³-hybridized carbons (Fsp3) is 0.480. The van der Waals surface area contributed by atoms with Crippen LogP contribution in [0.2, 0.25) is 0 Å². The molecule has 178 valence electrons. The lowest BCUT2D eigenvalue weighted by Gasteiger charge is -2.31. The summed E-state index contributed by atoms with van der Waals surface area (Å²) < 4.78 is 15.2. The molecule has 3 rings (SSSR count). The van der Waals surface area contributed by atoms with Crippen molar-refractivity contribution >= 4 is 29.1 Å². The third-order valence-electron chi connectivity index (χ3n) is 5.55. The van der Waals surface area contributed by atoms with Gasteiger partial charge in [-0.05, 0) is 55.0 Å². The summed E-state index contributed by atoms with van der Waals surface area (Å²) in [6.45, 7) is 11.6. The van der Waals surface area contributed by atoms with Crippen LogP contribution in [0.25, 0.3) is 0 Å². The summed E-state index contributed by atoms with van der Waals surface area (Å²) in [4.78, 5) is 30.4. The van der Waals surface area contributed by atoms with Gasteiger partial charge in [0.1, 0.15) is 5.82 Å². The number of aryl methyl sites for hydroxylation is 1. The number of carbonyl (C=O) groups excluding carboxylic acids is 1. The molecular weight excluding hydrogens is 423 g/mol. The van der Waals surface area contributed by atoms with Crippen molar-refractivity contribution in [2.45, 2.75) is 47.0 Å². The van der Waals surface area contributed by atoms with Gasteiger partial charge in [-0.15, -0.1) is 0 Å². The molecule has 1 aromatic heterocycles. The highest BCUT2D eigenvalue weighted by Crippen LogP contribution is 2.50. The molecule has 0 unspecified atom stereocenters. The number of hydrogen-bond acceptors (Lipinski definition) is 4. The van der Waals surface area contributed by atoms with Crippen molar-refractivity contribution in [2.24, 2.45) is 17.8 Å². The Morgan fingerprint density at radius 2 is 1.82 bits per heavy atom. The average molecular weight is 457 g/mol. The Bertz CT molecular complexity index is 997. The van der Waals surface area contributed by atoms with Gasteiger partial charge >= 0.3 is 12.0 Å². The van der Waals surface area contributed by atoms with E-state index in [1.54, 1.807) is 24.4 Å². The van der Waals surface area contributed by atoms with Crippen molar-refractivity contribution in [1.82, 2.24) is 4.98 Å². The van der Waals surface area contributed by atoms with E-state index in [4.69, 9.17) is 0 Å². The Morgan fingerprint density at radius 3 is 2.33 bits per heavy atom. The second-order valence-corrected chi connectivity index (χ2v) is 9.64. The van der Waals surface area contributed by atoms with E-state index in [9.17, 15) is 14.7 Å². The van der Waals surface area contributed by atoms with Gasteiger partial charge in [-0.3, -0.25) is 9.78 Å². The lowest BCUT2D eigenvalue weighted by Crippen LogP contribution is -2.33. The number of halogens is 1.